The predicted octanol–water partition coefficient (Wildman–Crippen LogP) is 2.88. The minimum absolute atomic E-state index is 0.242. The van der Waals surface area contributed by atoms with Crippen LogP contribution >= 0.6 is 0 Å². The second-order valence-electron chi connectivity index (χ2n) is 10.8. The zero-order chi connectivity index (χ0) is 29.0. The Morgan fingerprint density at radius 1 is 0.850 bits per heavy atom. The van der Waals surface area contributed by atoms with Crippen LogP contribution in [0.5, 0.6) is 5.75 Å². The van der Waals surface area contributed by atoms with Gasteiger partial charge in [0.25, 0.3) is 11.8 Å². The molecule has 1 fully saturated rings. The average molecular weight is 551 g/mol. The van der Waals surface area contributed by atoms with Crippen LogP contribution in [0.15, 0.2) is 48.5 Å². The number of benzene rings is 2. The summed E-state index contributed by atoms with van der Waals surface area (Å²) in [7, 11) is 0. The fourth-order valence-corrected chi connectivity index (χ4v) is 4.80. The van der Waals surface area contributed by atoms with Gasteiger partial charge in [0.15, 0.2) is 6.10 Å². The van der Waals surface area contributed by atoms with Gasteiger partial charge < -0.3 is 20.1 Å². The Balaban J connectivity index is 1.63. The zero-order valence-corrected chi connectivity index (χ0v) is 23.6. The number of fused-ring (bicyclic) bond motifs is 12. The summed E-state index contributed by atoms with van der Waals surface area (Å²) in [5.74, 6) is -1.50. The standard InChI is InChI=1S/C30H38N4O6/c1-17(2)26-28(36)31-18(3)29(37)34-15-7-10-25(33-34)30(38)40-19(4)22-8-6-9-23(16-22)21-11-13-24(14-12-21)39-20(5)27(35)32-26/h6,8-9,11-14,16-20,25-26,33H,7,10,15H2,1-5H3,(H,31,36)(H,32,35)/t18-,19+,20-,25-,26-/m0/s1. The fraction of sp³-hybridized carbons (Fsp3) is 0.467. The Kier molecular flexibility index (Phi) is 9.09. The molecule has 3 aliphatic rings. The number of hydrogen-bond acceptors (Lipinski definition) is 7. The van der Waals surface area contributed by atoms with E-state index in [2.05, 4.69) is 16.1 Å². The summed E-state index contributed by atoms with van der Waals surface area (Å²) in [5, 5.41) is 6.83. The normalized spacial score (nSPS) is 26.6. The van der Waals surface area contributed by atoms with Crippen molar-refractivity contribution in [2.75, 3.05) is 6.54 Å². The fourth-order valence-electron chi connectivity index (χ4n) is 4.80. The highest BCUT2D eigenvalue weighted by atomic mass is 16.5. The first-order valence-electron chi connectivity index (χ1n) is 13.8. The van der Waals surface area contributed by atoms with Crippen molar-refractivity contribution in [1.29, 1.82) is 0 Å². The molecule has 0 aliphatic carbocycles. The van der Waals surface area contributed by atoms with E-state index < -0.39 is 48.1 Å². The molecular formula is C30H38N4O6. The van der Waals surface area contributed by atoms with Crippen molar-refractivity contribution < 1.29 is 28.7 Å². The molecule has 5 rings (SSSR count). The summed E-state index contributed by atoms with van der Waals surface area (Å²) in [6.45, 7) is 9.01. The van der Waals surface area contributed by atoms with Crippen molar-refractivity contribution in [3.63, 3.8) is 0 Å². The maximum atomic E-state index is 13.2. The quantitative estimate of drug-likeness (QED) is 0.368. The maximum absolute atomic E-state index is 13.2. The number of hydrazine groups is 1. The Labute approximate surface area is 234 Å². The topological polar surface area (TPSA) is 126 Å². The van der Waals surface area contributed by atoms with Crippen molar-refractivity contribution in [2.45, 2.75) is 77.8 Å². The first kappa shape index (κ1) is 29.1. The van der Waals surface area contributed by atoms with E-state index in [1.54, 1.807) is 26.0 Å². The molecule has 1 saturated heterocycles. The molecule has 2 aromatic carbocycles. The van der Waals surface area contributed by atoms with Crippen LogP contribution < -0.4 is 20.8 Å². The van der Waals surface area contributed by atoms with Crippen LogP contribution in [0.25, 0.3) is 11.1 Å². The van der Waals surface area contributed by atoms with Gasteiger partial charge >= 0.3 is 5.97 Å². The monoisotopic (exact) mass is 550 g/mol. The zero-order valence-electron chi connectivity index (χ0n) is 23.6. The molecule has 3 N–H and O–H groups in total. The molecule has 3 aliphatic heterocycles. The van der Waals surface area contributed by atoms with Crippen LogP contribution in [0, 0.1) is 5.92 Å². The number of rotatable bonds is 1. The summed E-state index contributed by atoms with van der Waals surface area (Å²) in [5.41, 5.74) is 5.68. The molecule has 2 aromatic rings. The molecule has 3 amide bonds. The third-order valence-electron chi connectivity index (χ3n) is 7.23. The molecule has 3 heterocycles. The Bertz CT molecular complexity index is 1250. The van der Waals surface area contributed by atoms with Gasteiger partial charge in [0, 0.05) is 6.54 Å². The molecular weight excluding hydrogens is 512 g/mol. The van der Waals surface area contributed by atoms with Gasteiger partial charge in [-0.15, -0.1) is 0 Å². The highest BCUT2D eigenvalue weighted by Gasteiger charge is 2.34. The molecule has 0 aromatic heterocycles. The Hall–Kier alpha value is -3.92. The minimum atomic E-state index is -0.889. The molecule has 10 nitrogen and oxygen atoms in total. The molecule has 5 atom stereocenters. The summed E-state index contributed by atoms with van der Waals surface area (Å²) < 4.78 is 11.6. The number of carbonyl (C=O) groups is 4. The minimum Gasteiger partial charge on any atom is -0.481 e. The number of hydrogen-bond donors (Lipinski definition) is 3. The van der Waals surface area contributed by atoms with Crippen molar-refractivity contribution in [3.8, 4) is 16.9 Å². The van der Waals surface area contributed by atoms with Crippen LogP contribution in [-0.2, 0) is 23.9 Å². The first-order valence-corrected chi connectivity index (χ1v) is 13.8. The Morgan fingerprint density at radius 3 is 2.27 bits per heavy atom. The molecule has 0 spiro atoms. The lowest BCUT2D eigenvalue weighted by Gasteiger charge is -2.35. The number of ether oxygens (including phenoxy) is 2. The number of carbonyl (C=O) groups excluding carboxylic acids is 4. The number of nitrogens with zero attached hydrogens (tertiary/aromatic N) is 1. The lowest BCUT2D eigenvalue weighted by Crippen LogP contribution is -2.61. The number of nitrogens with one attached hydrogen (secondary N) is 3. The van der Waals surface area contributed by atoms with Gasteiger partial charge in [-0.05, 0) is 74.4 Å². The largest absolute Gasteiger partial charge is 0.481 e. The maximum Gasteiger partial charge on any atom is 0.325 e. The van der Waals surface area contributed by atoms with E-state index in [0.29, 0.717) is 25.1 Å². The number of esters is 1. The van der Waals surface area contributed by atoms with Crippen LogP contribution in [0.1, 0.15) is 59.1 Å². The molecule has 40 heavy (non-hydrogen) atoms. The summed E-state index contributed by atoms with van der Waals surface area (Å²) >= 11 is 0. The second kappa shape index (κ2) is 12.5. The predicted molar refractivity (Wildman–Crippen MR) is 149 cm³/mol. The van der Waals surface area contributed by atoms with Crippen LogP contribution in [-0.4, -0.2) is 59.5 Å². The van der Waals surface area contributed by atoms with Gasteiger partial charge in [0.1, 0.15) is 30.0 Å². The van der Waals surface area contributed by atoms with E-state index in [4.69, 9.17) is 9.47 Å². The van der Waals surface area contributed by atoms with E-state index in [-0.39, 0.29) is 11.8 Å². The van der Waals surface area contributed by atoms with E-state index in [1.807, 2.05) is 57.2 Å². The van der Waals surface area contributed by atoms with E-state index in [0.717, 1.165) is 16.7 Å². The van der Waals surface area contributed by atoms with Gasteiger partial charge in [-0.1, -0.05) is 44.2 Å². The molecule has 0 saturated carbocycles. The summed E-state index contributed by atoms with van der Waals surface area (Å²) in [6, 6.07) is 12.6. The molecule has 6 bridgehead atoms. The lowest BCUT2D eigenvalue weighted by molar-refractivity contribution is -0.157. The molecule has 0 radical (unpaired) electrons. The van der Waals surface area contributed by atoms with Crippen LogP contribution in [0.3, 0.4) is 0 Å². The van der Waals surface area contributed by atoms with Crippen molar-refractivity contribution in [3.05, 3.63) is 54.1 Å². The van der Waals surface area contributed by atoms with Crippen molar-refractivity contribution in [1.82, 2.24) is 21.1 Å². The van der Waals surface area contributed by atoms with Crippen molar-refractivity contribution >= 4 is 23.7 Å². The smallest absolute Gasteiger partial charge is 0.325 e. The lowest BCUT2D eigenvalue weighted by atomic mass is 10.0. The third-order valence-corrected chi connectivity index (χ3v) is 7.23. The van der Waals surface area contributed by atoms with Gasteiger partial charge in [0.05, 0.1) is 0 Å². The van der Waals surface area contributed by atoms with Gasteiger partial charge in [-0.25, -0.2) is 5.43 Å². The molecule has 0 unspecified atom stereocenters. The van der Waals surface area contributed by atoms with Gasteiger partial charge in [-0.3, -0.25) is 24.2 Å². The number of amides is 3. The summed E-state index contributed by atoms with van der Waals surface area (Å²) in [4.78, 5) is 52.3. The van der Waals surface area contributed by atoms with E-state index in [9.17, 15) is 19.2 Å². The highest BCUT2D eigenvalue weighted by molar-refractivity contribution is 5.93. The SMILES string of the molecule is CC(C)[C@@H]1NC(=O)[C@H](C)Oc2ccc(cc2)-c2cccc(c2)[C@@H](C)OC(=O)[C@@H]2CCCN(N2)C(=O)[C@H](C)NC1=O. The Morgan fingerprint density at radius 2 is 1.57 bits per heavy atom. The van der Waals surface area contributed by atoms with Gasteiger partial charge in [0.2, 0.25) is 5.91 Å². The summed E-state index contributed by atoms with van der Waals surface area (Å²) in [6.07, 6.45) is -0.248. The average Bonchev–Trinajstić information content (AvgIpc) is 2.95. The first-order chi connectivity index (χ1) is 19.0. The van der Waals surface area contributed by atoms with E-state index >= 15 is 0 Å². The van der Waals surface area contributed by atoms with Crippen molar-refractivity contribution in [2.24, 2.45) is 5.92 Å². The van der Waals surface area contributed by atoms with Gasteiger partial charge in [-0.2, -0.15) is 0 Å². The van der Waals surface area contributed by atoms with E-state index in [1.165, 1.54) is 5.01 Å². The van der Waals surface area contributed by atoms with Crippen LogP contribution in [0.2, 0.25) is 0 Å². The van der Waals surface area contributed by atoms with Crippen LogP contribution in [0.4, 0.5) is 0 Å². The molecule has 214 valence electrons. The molecule has 10 heteroatoms. The highest BCUT2D eigenvalue weighted by Crippen LogP contribution is 2.27. The second-order valence-corrected chi connectivity index (χ2v) is 10.8. The third kappa shape index (κ3) is 6.80.